The van der Waals surface area contributed by atoms with Crippen LogP contribution in [0.3, 0.4) is 0 Å². The first-order chi connectivity index (χ1) is 9.93. The number of rotatable bonds is 1. The van der Waals surface area contributed by atoms with Gasteiger partial charge < -0.3 is 0 Å². The number of amidine groups is 1. The van der Waals surface area contributed by atoms with E-state index in [2.05, 4.69) is 64.1 Å². The van der Waals surface area contributed by atoms with Gasteiger partial charge in [0.25, 0.3) is 0 Å². The molecule has 0 radical (unpaired) electrons. The molecule has 2 aromatic carbocycles. The predicted octanol–water partition coefficient (Wildman–Crippen LogP) is 3.11. The molecule has 0 spiro atoms. The van der Waals surface area contributed by atoms with E-state index < -0.39 is 0 Å². The van der Waals surface area contributed by atoms with Crippen LogP contribution in [-0.4, -0.2) is 23.2 Å². The highest BCUT2D eigenvalue weighted by Gasteiger charge is 2.24. The Kier molecular flexibility index (Phi) is 2.81. The number of hydrogen-bond acceptors (Lipinski definition) is 4. The second-order valence-corrected chi connectivity index (χ2v) is 5.78. The molecule has 0 bridgehead atoms. The van der Waals surface area contributed by atoms with Gasteiger partial charge in [-0.2, -0.15) is 5.10 Å². The molecule has 2 aliphatic rings. The maximum absolute atomic E-state index is 4.60. The van der Waals surface area contributed by atoms with E-state index in [9.17, 15) is 0 Å². The van der Waals surface area contributed by atoms with Crippen molar-refractivity contribution < 1.29 is 0 Å². The van der Waals surface area contributed by atoms with Crippen LogP contribution in [0.15, 0.2) is 58.6 Å². The molecular weight excluding hydrogens is 266 g/mol. The molecule has 0 saturated carbocycles. The number of hydrogen-bond donors (Lipinski definition) is 1. The van der Waals surface area contributed by atoms with Crippen LogP contribution in [0.1, 0.15) is 11.1 Å². The van der Waals surface area contributed by atoms with Crippen LogP contribution >= 0.6 is 11.8 Å². The molecule has 3 nitrogen and oxygen atoms in total. The second kappa shape index (κ2) is 4.80. The minimum atomic E-state index is 0.880. The van der Waals surface area contributed by atoms with Gasteiger partial charge in [0.2, 0.25) is 0 Å². The van der Waals surface area contributed by atoms with Crippen molar-refractivity contribution in [3.05, 3.63) is 59.7 Å². The van der Waals surface area contributed by atoms with Crippen molar-refractivity contribution in [1.29, 1.82) is 0 Å². The number of thioether (sulfide) groups is 1. The fourth-order valence-corrected chi connectivity index (χ4v) is 3.29. The van der Waals surface area contributed by atoms with E-state index in [4.69, 9.17) is 0 Å². The van der Waals surface area contributed by atoms with Crippen LogP contribution in [0.25, 0.3) is 11.1 Å². The largest absolute Gasteiger partial charge is 0.260 e. The Bertz CT molecular complexity index is 687. The fourth-order valence-electron chi connectivity index (χ4n) is 2.62. The summed E-state index contributed by atoms with van der Waals surface area (Å²) in [5.41, 5.74) is 8.99. The van der Waals surface area contributed by atoms with E-state index >= 15 is 0 Å². The minimum Gasteiger partial charge on any atom is -0.260 e. The van der Waals surface area contributed by atoms with Gasteiger partial charge in [0.15, 0.2) is 5.17 Å². The first-order valence-electron chi connectivity index (χ1n) is 6.63. The standard InChI is InChI=1S/C16H13N3S/c1-3-7-13-11(5-1)12-6-2-4-8-14(12)15(13)18-19-16-17-9-10-20-16/h1-8H,9-10H2,(H,17,19). The second-order valence-electron chi connectivity index (χ2n) is 4.70. The first-order valence-corrected chi connectivity index (χ1v) is 7.62. The molecule has 2 aromatic rings. The Balaban J connectivity index is 1.80. The Morgan fingerprint density at radius 1 is 0.900 bits per heavy atom. The van der Waals surface area contributed by atoms with Crippen LogP contribution in [0.4, 0.5) is 0 Å². The van der Waals surface area contributed by atoms with E-state index in [0.717, 1.165) is 23.2 Å². The number of aliphatic imine (C=N–C) groups is 1. The maximum atomic E-state index is 4.60. The maximum Gasteiger partial charge on any atom is 0.177 e. The minimum absolute atomic E-state index is 0.880. The van der Waals surface area contributed by atoms with E-state index in [1.54, 1.807) is 11.8 Å². The first kappa shape index (κ1) is 11.7. The summed E-state index contributed by atoms with van der Waals surface area (Å²) in [6.07, 6.45) is 0. The van der Waals surface area contributed by atoms with E-state index in [-0.39, 0.29) is 0 Å². The average Bonchev–Trinajstić information content (AvgIpc) is 3.11. The number of benzene rings is 2. The third-order valence-electron chi connectivity index (χ3n) is 3.50. The quantitative estimate of drug-likeness (QED) is 0.695. The summed E-state index contributed by atoms with van der Waals surface area (Å²) >= 11 is 1.72. The summed E-state index contributed by atoms with van der Waals surface area (Å²) in [4.78, 5) is 4.37. The van der Waals surface area contributed by atoms with Crippen molar-refractivity contribution in [2.45, 2.75) is 0 Å². The summed E-state index contributed by atoms with van der Waals surface area (Å²) in [5.74, 6) is 1.04. The van der Waals surface area contributed by atoms with Gasteiger partial charge in [-0.25, -0.2) is 0 Å². The molecule has 1 aliphatic carbocycles. The zero-order valence-electron chi connectivity index (χ0n) is 10.8. The van der Waals surface area contributed by atoms with E-state index in [1.807, 2.05) is 0 Å². The predicted molar refractivity (Wildman–Crippen MR) is 85.4 cm³/mol. The molecule has 0 unspecified atom stereocenters. The average molecular weight is 279 g/mol. The van der Waals surface area contributed by atoms with Crippen molar-refractivity contribution in [2.24, 2.45) is 10.1 Å². The van der Waals surface area contributed by atoms with Crippen LogP contribution in [-0.2, 0) is 0 Å². The Morgan fingerprint density at radius 2 is 1.50 bits per heavy atom. The highest BCUT2D eigenvalue weighted by molar-refractivity contribution is 8.14. The molecule has 1 heterocycles. The number of nitrogens with zero attached hydrogens (tertiary/aromatic N) is 2. The number of hydrazone groups is 1. The molecule has 0 aromatic heterocycles. The van der Waals surface area contributed by atoms with Gasteiger partial charge in [-0.1, -0.05) is 60.3 Å². The van der Waals surface area contributed by atoms with Crippen molar-refractivity contribution in [3.63, 3.8) is 0 Å². The van der Waals surface area contributed by atoms with Crippen LogP contribution in [0.5, 0.6) is 0 Å². The molecule has 0 atom stereocenters. The molecule has 1 N–H and O–H groups in total. The summed E-state index contributed by atoms with van der Waals surface area (Å²) in [5, 5.41) is 5.52. The normalized spacial score (nSPS) is 15.6. The van der Waals surface area contributed by atoms with Crippen LogP contribution in [0.2, 0.25) is 0 Å². The smallest absolute Gasteiger partial charge is 0.177 e. The zero-order valence-corrected chi connectivity index (χ0v) is 11.7. The lowest BCUT2D eigenvalue weighted by atomic mass is 10.1. The van der Waals surface area contributed by atoms with Gasteiger partial charge in [-0.3, -0.25) is 10.4 Å². The number of nitrogens with one attached hydrogen (secondary N) is 1. The third kappa shape index (κ3) is 1.84. The lowest BCUT2D eigenvalue weighted by Gasteiger charge is -2.03. The molecular formula is C16H13N3S. The van der Waals surface area contributed by atoms with Gasteiger partial charge >= 0.3 is 0 Å². The van der Waals surface area contributed by atoms with Gasteiger partial charge in [0.05, 0.1) is 12.3 Å². The van der Waals surface area contributed by atoms with E-state index in [0.29, 0.717) is 0 Å². The Morgan fingerprint density at radius 3 is 2.05 bits per heavy atom. The zero-order chi connectivity index (χ0) is 13.4. The summed E-state index contributed by atoms with van der Waals surface area (Å²) in [7, 11) is 0. The topological polar surface area (TPSA) is 36.8 Å². The SMILES string of the molecule is c1ccc2c(c1)C(=NNC1=NCCS1)c1ccccc1-2. The number of fused-ring (bicyclic) bond motifs is 3. The molecule has 98 valence electrons. The molecule has 1 aliphatic heterocycles. The Labute approximate surface area is 121 Å². The van der Waals surface area contributed by atoms with Crippen molar-refractivity contribution in [3.8, 4) is 11.1 Å². The van der Waals surface area contributed by atoms with Gasteiger partial charge in [-0.15, -0.1) is 0 Å². The molecule has 4 heteroatoms. The highest BCUT2D eigenvalue weighted by atomic mass is 32.2. The van der Waals surface area contributed by atoms with Crippen molar-refractivity contribution in [2.75, 3.05) is 12.3 Å². The summed E-state index contributed by atoms with van der Waals surface area (Å²) in [6, 6.07) is 16.8. The van der Waals surface area contributed by atoms with E-state index in [1.165, 1.54) is 22.3 Å². The lowest BCUT2D eigenvalue weighted by molar-refractivity contribution is 1.03. The van der Waals surface area contributed by atoms with Crippen molar-refractivity contribution >= 4 is 22.6 Å². The molecule has 20 heavy (non-hydrogen) atoms. The van der Waals surface area contributed by atoms with Gasteiger partial charge in [0.1, 0.15) is 0 Å². The Hall–Kier alpha value is -2.07. The third-order valence-corrected chi connectivity index (χ3v) is 4.38. The molecule has 0 saturated heterocycles. The molecule has 0 fully saturated rings. The molecule has 4 rings (SSSR count). The monoisotopic (exact) mass is 279 g/mol. The molecule has 0 amide bonds. The highest BCUT2D eigenvalue weighted by Crippen LogP contribution is 2.36. The van der Waals surface area contributed by atoms with Crippen molar-refractivity contribution in [1.82, 2.24) is 5.43 Å². The van der Waals surface area contributed by atoms with Gasteiger partial charge in [-0.05, 0) is 11.1 Å². The van der Waals surface area contributed by atoms with Crippen LogP contribution < -0.4 is 5.43 Å². The lowest BCUT2D eigenvalue weighted by Crippen LogP contribution is -2.15. The summed E-state index contributed by atoms with van der Waals surface area (Å²) < 4.78 is 0. The van der Waals surface area contributed by atoms with Gasteiger partial charge in [0, 0.05) is 16.9 Å². The fraction of sp³-hybridized carbons (Fsp3) is 0.125. The summed E-state index contributed by atoms with van der Waals surface area (Å²) in [6.45, 7) is 0.880. The van der Waals surface area contributed by atoms with Crippen LogP contribution in [0, 0.1) is 0 Å².